The number of hydrogen-bond acceptors (Lipinski definition) is 3. The van der Waals surface area contributed by atoms with Gasteiger partial charge in [0.2, 0.25) is 11.8 Å². The minimum Gasteiger partial charge on any atom is -0.352 e. The maximum Gasteiger partial charge on any atom is 0.253 e. The molecule has 0 unspecified atom stereocenters. The SMILES string of the molecule is Cc1ccc(N2C[C@H](C(=O)Nc3ccccc3C(=O)NCCc3ccccc3)CC2=O)cc1C. The Labute approximate surface area is 200 Å². The predicted octanol–water partition coefficient (Wildman–Crippen LogP) is 4.27. The Bertz CT molecular complexity index is 1210. The molecule has 1 fully saturated rings. The second-order valence-electron chi connectivity index (χ2n) is 8.70. The monoisotopic (exact) mass is 455 g/mol. The van der Waals surface area contributed by atoms with E-state index in [2.05, 4.69) is 10.6 Å². The molecule has 3 aromatic rings. The molecule has 0 radical (unpaired) electrons. The van der Waals surface area contributed by atoms with Crippen molar-refractivity contribution in [2.75, 3.05) is 23.3 Å². The highest BCUT2D eigenvalue weighted by Crippen LogP contribution is 2.28. The molecule has 3 aromatic carbocycles. The second kappa shape index (κ2) is 10.3. The molecule has 1 atom stereocenters. The summed E-state index contributed by atoms with van der Waals surface area (Å²) < 4.78 is 0. The van der Waals surface area contributed by atoms with Gasteiger partial charge in [-0.25, -0.2) is 0 Å². The van der Waals surface area contributed by atoms with E-state index in [-0.39, 0.29) is 24.1 Å². The second-order valence-corrected chi connectivity index (χ2v) is 8.70. The topological polar surface area (TPSA) is 78.5 Å². The van der Waals surface area contributed by atoms with E-state index >= 15 is 0 Å². The third kappa shape index (κ3) is 5.34. The molecule has 34 heavy (non-hydrogen) atoms. The fourth-order valence-corrected chi connectivity index (χ4v) is 4.11. The normalized spacial score (nSPS) is 15.3. The van der Waals surface area contributed by atoms with Crippen molar-refractivity contribution in [2.45, 2.75) is 26.7 Å². The summed E-state index contributed by atoms with van der Waals surface area (Å²) in [6.45, 7) is 4.84. The minimum absolute atomic E-state index is 0.0738. The van der Waals surface area contributed by atoms with E-state index in [4.69, 9.17) is 0 Å². The zero-order valence-electron chi connectivity index (χ0n) is 19.5. The van der Waals surface area contributed by atoms with Gasteiger partial charge >= 0.3 is 0 Å². The number of rotatable bonds is 7. The van der Waals surface area contributed by atoms with Crippen LogP contribution in [0.2, 0.25) is 0 Å². The lowest BCUT2D eigenvalue weighted by Gasteiger charge is -2.18. The third-order valence-corrected chi connectivity index (χ3v) is 6.27. The Hall–Kier alpha value is -3.93. The Morgan fingerprint density at radius 3 is 2.44 bits per heavy atom. The van der Waals surface area contributed by atoms with Crippen molar-refractivity contribution in [2.24, 2.45) is 5.92 Å². The number of hydrogen-bond donors (Lipinski definition) is 2. The number of nitrogens with zero attached hydrogens (tertiary/aromatic N) is 1. The summed E-state index contributed by atoms with van der Waals surface area (Å²) in [5.74, 6) is -1.06. The van der Waals surface area contributed by atoms with Crippen molar-refractivity contribution in [1.29, 1.82) is 0 Å². The molecule has 174 valence electrons. The van der Waals surface area contributed by atoms with Crippen LogP contribution >= 0.6 is 0 Å². The standard InChI is InChI=1S/C28H29N3O3/c1-19-12-13-23(16-20(19)2)31-18-22(17-26(31)32)27(33)30-25-11-7-6-10-24(25)28(34)29-15-14-21-8-4-3-5-9-21/h3-13,16,22H,14-15,17-18H2,1-2H3,(H,29,34)(H,30,33)/t22-/m1/s1. The van der Waals surface area contributed by atoms with Crippen LogP contribution < -0.4 is 15.5 Å². The summed E-state index contributed by atoms with van der Waals surface area (Å²) in [6.07, 6.45) is 0.865. The summed E-state index contributed by atoms with van der Waals surface area (Å²) in [5, 5.41) is 5.80. The molecule has 1 aliphatic heterocycles. The van der Waals surface area contributed by atoms with Gasteiger partial charge in [-0.1, -0.05) is 48.5 Å². The zero-order chi connectivity index (χ0) is 24.1. The van der Waals surface area contributed by atoms with Crippen molar-refractivity contribution in [3.63, 3.8) is 0 Å². The molecule has 2 N–H and O–H groups in total. The molecule has 0 spiro atoms. The Kier molecular flexibility index (Phi) is 7.07. The highest BCUT2D eigenvalue weighted by atomic mass is 16.2. The quantitative estimate of drug-likeness (QED) is 0.559. The van der Waals surface area contributed by atoms with Gasteiger partial charge in [0.05, 0.1) is 17.2 Å². The van der Waals surface area contributed by atoms with Gasteiger partial charge < -0.3 is 15.5 Å². The summed E-state index contributed by atoms with van der Waals surface area (Å²) in [4.78, 5) is 40.1. The lowest BCUT2D eigenvalue weighted by atomic mass is 10.1. The van der Waals surface area contributed by atoms with Gasteiger partial charge in [-0.2, -0.15) is 0 Å². The number of carbonyl (C=O) groups excluding carboxylic acids is 3. The van der Waals surface area contributed by atoms with Crippen LogP contribution in [-0.2, 0) is 16.0 Å². The van der Waals surface area contributed by atoms with Gasteiger partial charge in [-0.3, -0.25) is 14.4 Å². The molecule has 0 aliphatic carbocycles. The van der Waals surface area contributed by atoms with Crippen LogP contribution in [0.1, 0.15) is 33.5 Å². The number of carbonyl (C=O) groups is 3. The fourth-order valence-electron chi connectivity index (χ4n) is 4.11. The molecule has 4 rings (SSSR count). The van der Waals surface area contributed by atoms with Gasteiger partial charge in [0, 0.05) is 25.2 Å². The molecule has 6 nitrogen and oxygen atoms in total. The average molecular weight is 456 g/mol. The Morgan fingerprint density at radius 1 is 0.941 bits per heavy atom. The zero-order valence-corrected chi connectivity index (χ0v) is 19.5. The van der Waals surface area contributed by atoms with Crippen molar-refractivity contribution < 1.29 is 14.4 Å². The van der Waals surface area contributed by atoms with Gasteiger partial charge in [-0.15, -0.1) is 0 Å². The maximum atomic E-state index is 13.0. The molecule has 1 heterocycles. The van der Waals surface area contributed by atoms with Crippen molar-refractivity contribution in [1.82, 2.24) is 5.32 Å². The van der Waals surface area contributed by atoms with Crippen LogP contribution in [0.3, 0.4) is 0 Å². The molecule has 0 aromatic heterocycles. The molecule has 6 heteroatoms. The summed E-state index contributed by atoms with van der Waals surface area (Å²) in [6, 6.07) is 22.7. The van der Waals surface area contributed by atoms with Crippen molar-refractivity contribution in [3.8, 4) is 0 Å². The number of para-hydroxylation sites is 1. The molecule has 1 aliphatic rings. The number of amides is 3. The first-order valence-corrected chi connectivity index (χ1v) is 11.5. The summed E-state index contributed by atoms with van der Waals surface area (Å²) in [5.41, 5.74) is 5.06. The fraction of sp³-hybridized carbons (Fsp3) is 0.250. The van der Waals surface area contributed by atoms with Crippen LogP contribution in [0.15, 0.2) is 72.8 Å². The largest absolute Gasteiger partial charge is 0.352 e. The lowest BCUT2D eigenvalue weighted by molar-refractivity contribution is -0.122. The van der Waals surface area contributed by atoms with E-state index in [1.807, 2.05) is 62.4 Å². The number of aryl methyl sites for hydroxylation is 2. The molecule has 3 amide bonds. The highest BCUT2D eigenvalue weighted by molar-refractivity contribution is 6.07. The van der Waals surface area contributed by atoms with E-state index in [1.54, 1.807) is 29.2 Å². The lowest BCUT2D eigenvalue weighted by Crippen LogP contribution is -2.30. The smallest absolute Gasteiger partial charge is 0.253 e. The van der Waals surface area contributed by atoms with E-state index in [1.165, 1.54) is 0 Å². The average Bonchev–Trinajstić information content (AvgIpc) is 3.23. The van der Waals surface area contributed by atoms with Gasteiger partial charge in [0.15, 0.2) is 0 Å². The van der Waals surface area contributed by atoms with Crippen LogP contribution in [0.25, 0.3) is 0 Å². The molecular formula is C28H29N3O3. The van der Waals surface area contributed by atoms with Crippen LogP contribution in [0.5, 0.6) is 0 Å². The summed E-state index contributed by atoms with van der Waals surface area (Å²) in [7, 11) is 0. The van der Waals surface area contributed by atoms with Crippen molar-refractivity contribution >= 4 is 29.1 Å². The Morgan fingerprint density at radius 2 is 1.68 bits per heavy atom. The first-order chi connectivity index (χ1) is 16.4. The maximum absolute atomic E-state index is 13.0. The first-order valence-electron chi connectivity index (χ1n) is 11.5. The van der Waals surface area contributed by atoms with Crippen LogP contribution in [0.4, 0.5) is 11.4 Å². The van der Waals surface area contributed by atoms with Gasteiger partial charge in [0.25, 0.3) is 5.91 Å². The molecular weight excluding hydrogens is 426 g/mol. The molecule has 0 bridgehead atoms. The van der Waals surface area contributed by atoms with E-state index in [0.717, 1.165) is 28.8 Å². The van der Waals surface area contributed by atoms with E-state index < -0.39 is 5.92 Å². The molecule has 0 saturated carbocycles. The van der Waals surface area contributed by atoms with Gasteiger partial charge in [0.1, 0.15) is 0 Å². The number of benzene rings is 3. The van der Waals surface area contributed by atoms with E-state index in [9.17, 15) is 14.4 Å². The highest BCUT2D eigenvalue weighted by Gasteiger charge is 2.35. The third-order valence-electron chi connectivity index (χ3n) is 6.27. The summed E-state index contributed by atoms with van der Waals surface area (Å²) >= 11 is 0. The van der Waals surface area contributed by atoms with Crippen LogP contribution in [-0.4, -0.2) is 30.8 Å². The molecule has 1 saturated heterocycles. The minimum atomic E-state index is -0.483. The number of nitrogens with one attached hydrogen (secondary N) is 2. The van der Waals surface area contributed by atoms with E-state index in [0.29, 0.717) is 24.3 Å². The van der Waals surface area contributed by atoms with Gasteiger partial charge in [-0.05, 0) is 61.2 Å². The van der Waals surface area contributed by atoms with Crippen molar-refractivity contribution in [3.05, 3.63) is 95.1 Å². The van der Waals surface area contributed by atoms with Crippen LogP contribution in [0, 0.1) is 19.8 Å². The predicted molar refractivity (Wildman–Crippen MR) is 134 cm³/mol. The first kappa shape index (κ1) is 23.2. The Balaban J connectivity index is 1.39. The number of anilines is 2.